The second-order valence-corrected chi connectivity index (χ2v) is 3.44. The summed E-state index contributed by atoms with van der Waals surface area (Å²) >= 11 is 4.76. The second-order valence-electron chi connectivity index (χ2n) is 3.01. The maximum Gasteiger partial charge on any atom is 0.170 e. The molecule has 0 saturated heterocycles. The highest BCUT2D eigenvalue weighted by atomic mass is 32.1. The average Bonchev–Trinajstić information content (AvgIpc) is 2.27. The molecule has 1 aromatic carbocycles. The van der Waals surface area contributed by atoms with Gasteiger partial charge in [-0.15, -0.1) is 0 Å². The van der Waals surface area contributed by atoms with Gasteiger partial charge < -0.3 is 15.9 Å². The molecule has 0 saturated carbocycles. The van der Waals surface area contributed by atoms with Gasteiger partial charge >= 0.3 is 0 Å². The molecule has 2 atom stereocenters. The molecular weight excluding hydrogens is 212 g/mol. The fourth-order valence-corrected chi connectivity index (χ4v) is 1.23. The molecule has 15 heavy (non-hydrogen) atoms. The molecule has 78 valence electrons. The Morgan fingerprint density at radius 1 is 1.33 bits per heavy atom. The normalized spacial score (nSPS) is 13.9. The first-order chi connectivity index (χ1) is 7.06. The average molecular weight is 222 g/mol. The number of rotatable bonds is 3. The number of aliphatic hydroxyl groups excluding tert-OH is 2. The Morgan fingerprint density at radius 3 is 2.27 bits per heavy atom. The molecule has 0 aliphatic heterocycles. The molecule has 0 aliphatic rings. The summed E-state index contributed by atoms with van der Waals surface area (Å²) in [6.45, 7) is 0. The maximum absolute atomic E-state index is 9.48. The monoisotopic (exact) mass is 222 g/mol. The number of thiocarbonyl (C=S) groups is 1. The summed E-state index contributed by atoms with van der Waals surface area (Å²) in [5.41, 5.74) is 6.51. The third-order valence-electron chi connectivity index (χ3n) is 1.97. The minimum atomic E-state index is -1.43. The Kier molecular flexibility index (Phi) is 3.74. The van der Waals surface area contributed by atoms with Crippen molar-refractivity contribution in [3.8, 4) is 6.07 Å². The number of hydrogen-bond donors (Lipinski definition) is 3. The Bertz CT molecular complexity index is 397. The van der Waals surface area contributed by atoms with Crippen LogP contribution in [0.4, 0.5) is 0 Å². The van der Waals surface area contributed by atoms with Gasteiger partial charge in [-0.2, -0.15) is 5.26 Å². The van der Waals surface area contributed by atoms with Gasteiger partial charge in [-0.1, -0.05) is 36.5 Å². The fourth-order valence-electron chi connectivity index (χ4n) is 1.10. The number of hydrogen-bond acceptors (Lipinski definition) is 4. The number of nitrogens with two attached hydrogens (primary N) is 1. The van der Waals surface area contributed by atoms with Crippen molar-refractivity contribution in [2.24, 2.45) is 5.73 Å². The van der Waals surface area contributed by atoms with Crippen LogP contribution in [-0.4, -0.2) is 21.3 Å². The molecule has 0 spiro atoms. The summed E-state index contributed by atoms with van der Waals surface area (Å²) < 4.78 is 0. The van der Waals surface area contributed by atoms with E-state index in [2.05, 4.69) is 0 Å². The predicted octanol–water partition coefficient (Wildman–Crippen LogP) is 0.239. The third kappa shape index (κ3) is 2.73. The van der Waals surface area contributed by atoms with Crippen molar-refractivity contribution in [2.75, 3.05) is 0 Å². The van der Waals surface area contributed by atoms with Gasteiger partial charge in [0.25, 0.3) is 0 Å². The van der Waals surface area contributed by atoms with Crippen LogP contribution in [0.25, 0.3) is 0 Å². The van der Waals surface area contributed by atoms with E-state index in [-0.39, 0.29) is 4.99 Å². The van der Waals surface area contributed by atoms with E-state index in [9.17, 15) is 5.11 Å². The molecule has 0 radical (unpaired) electrons. The Balaban J connectivity index is 2.90. The molecule has 1 aromatic rings. The van der Waals surface area contributed by atoms with Crippen LogP contribution in [0.1, 0.15) is 17.2 Å². The summed E-state index contributed by atoms with van der Waals surface area (Å²) in [6, 6.07) is 7.95. The van der Waals surface area contributed by atoms with Crippen molar-refractivity contribution in [1.82, 2.24) is 0 Å². The quantitative estimate of drug-likeness (QED) is 0.503. The van der Waals surface area contributed by atoms with Gasteiger partial charge in [0.15, 0.2) is 6.10 Å². The molecule has 0 aliphatic carbocycles. The summed E-state index contributed by atoms with van der Waals surface area (Å²) in [6.07, 6.45) is -2.64. The molecule has 0 fully saturated rings. The van der Waals surface area contributed by atoms with Crippen molar-refractivity contribution in [3.63, 3.8) is 0 Å². The zero-order valence-corrected chi connectivity index (χ0v) is 8.61. The van der Waals surface area contributed by atoms with E-state index in [1.165, 1.54) is 0 Å². The summed E-state index contributed by atoms with van der Waals surface area (Å²) in [5.74, 6) is 0. The molecule has 2 unspecified atom stereocenters. The topological polar surface area (TPSA) is 90.3 Å². The minimum absolute atomic E-state index is 0.261. The van der Waals surface area contributed by atoms with Crippen molar-refractivity contribution in [2.45, 2.75) is 12.2 Å². The predicted molar refractivity (Wildman–Crippen MR) is 58.9 cm³/mol. The summed E-state index contributed by atoms with van der Waals surface area (Å²) in [7, 11) is 0. The Morgan fingerprint density at radius 2 is 1.87 bits per heavy atom. The number of nitriles is 1. The molecule has 4 nitrogen and oxygen atoms in total. The second kappa shape index (κ2) is 4.84. The molecule has 0 amide bonds. The highest BCUT2D eigenvalue weighted by molar-refractivity contribution is 7.80. The van der Waals surface area contributed by atoms with Crippen molar-refractivity contribution < 1.29 is 10.2 Å². The minimum Gasteiger partial charge on any atom is -0.389 e. The molecule has 5 heteroatoms. The summed E-state index contributed by atoms with van der Waals surface area (Å²) in [5, 5.41) is 27.0. The third-order valence-corrected chi connectivity index (χ3v) is 2.20. The van der Waals surface area contributed by atoms with Gasteiger partial charge in [0.2, 0.25) is 0 Å². The van der Waals surface area contributed by atoms with E-state index < -0.39 is 12.2 Å². The first-order valence-electron chi connectivity index (χ1n) is 4.21. The van der Waals surface area contributed by atoms with Crippen LogP contribution >= 0.6 is 12.2 Å². The van der Waals surface area contributed by atoms with Crippen molar-refractivity contribution in [3.05, 3.63) is 35.4 Å². The number of aliphatic hydroxyl groups is 2. The van der Waals surface area contributed by atoms with E-state index >= 15 is 0 Å². The van der Waals surface area contributed by atoms with Gasteiger partial charge in [0.1, 0.15) is 11.1 Å². The molecule has 1 rings (SSSR count). The molecule has 4 N–H and O–H groups in total. The number of nitrogens with zero attached hydrogens (tertiary/aromatic N) is 1. The fraction of sp³-hybridized carbons (Fsp3) is 0.200. The Hall–Kier alpha value is -1.48. The highest BCUT2D eigenvalue weighted by Crippen LogP contribution is 2.17. The van der Waals surface area contributed by atoms with Crippen LogP contribution in [0, 0.1) is 11.3 Å². The summed E-state index contributed by atoms with van der Waals surface area (Å²) in [4.78, 5) is 0.261. The lowest BCUT2D eigenvalue weighted by molar-refractivity contribution is 0.0528. The molecule has 0 heterocycles. The zero-order valence-electron chi connectivity index (χ0n) is 7.79. The van der Waals surface area contributed by atoms with E-state index in [0.717, 1.165) is 0 Å². The highest BCUT2D eigenvalue weighted by Gasteiger charge is 2.17. The SMILES string of the molecule is N#CC(O)C(O)c1ccc(C(N)=S)cc1. The van der Waals surface area contributed by atoms with Crippen molar-refractivity contribution >= 4 is 17.2 Å². The van der Waals surface area contributed by atoms with Gasteiger partial charge in [-0.3, -0.25) is 0 Å². The van der Waals surface area contributed by atoms with Crippen LogP contribution < -0.4 is 5.73 Å². The zero-order chi connectivity index (χ0) is 11.4. The van der Waals surface area contributed by atoms with Crippen molar-refractivity contribution in [1.29, 1.82) is 5.26 Å². The maximum atomic E-state index is 9.48. The standard InChI is InChI=1S/C10H10N2O2S/c11-5-8(13)9(14)6-1-3-7(4-2-6)10(12)15/h1-4,8-9,13-14H,(H2,12,15). The van der Waals surface area contributed by atoms with E-state index in [4.69, 9.17) is 28.3 Å². The van der Waals surface area contributed by atoms with Crippen LogP contribution in [0.15, 0.2) is 24.3 Å². The van der Waals surface area contributed by atoms with Gasteiger partial charge in [0.05, 0.1) is 6.07 Å². The lowest BCUT2D eigenvalue weighted by Gasteiger charge is -2.12. The number of benzene rings is 1. The van der Waals surface area contributed by atoms with Crippen LogP contribution in [0.2, 0.25) is 0 Å². The van der Waals surface area contributed by atoms with E-state index in [1.54, 1.807) is 30.3 Å². The van der Waals surface area contributed by atoms with Crippen LogP contribution in [-0.2, 0) is 0 Å². The largest absolute Gasteiger partial charge is 0.389 e. The molecule has 0 bridgehead atoms. The van der Waals surface area contributed by atoms with E-state index in [1.807, 2.05) is 0 Å². The molecular formula is C10H10N2O2S. The molecule has 0 aromatic heterocycles. The van der Waals surface area contributed by atoms with Crippen LogP contribution in [0.5, 0.6) is 0 Å². The van der Waals surface area contributed by atoms with Crippen LogP contribution in [0.3, 0.4) is 0 Å². The van der Waals surface area contributed by atoms with Gasteiger partial charge in [0, 0.05) is 5.56 Å². The van der Waals surface area contributed by atoms with Gasteiger partial charge in [-0.05, 0) is 5.56 Å². The first kappa shape index (κ1) is 11.6. The smallest absolute Gasteiger partial charge is 0.170 e. The van der Waals surface area contributed by atoms with E-state index in [0.29, 0.717) is 11.1 Å². The van der Waals surface area contributed by atoms with Gasteiger partial charge in [-0.25, -0.2) is 0 Å². The lowest BCUT2D eigenvalue weighted by Crippen LogP contribution is -2.16. The lowest BCUT2D eigenvalue weighted by atomic mass is 10.0. The Labute approximate surface area is 92.6 Å². The first-order valence-corrected chi connectivity index (χ1v) is 4.62.